The van der Waals surface area contributed by atoms with Crippen LogP contribution in [0.15, 0.2) is 29.2 Å². The first-order chi connectivity index (χ1) is 13.6. The quantitative estimate of drug-likeness (QED) is 0.440. The number of rotatable bonds is 6. The summed E-state index contributed by atoms with van der Waals surface area (Å²) in [4.78, 5) is 16.5. The molecule has 0 saturated carbocycles. The van der Waals surface area contributed by atoms with E-state index in [2.05, 4.69) is 15.6 Å². The molecule has 10 heteroatoms. The maximum atomic E-state index is 12.5. The molecule has 2 aliphatic heterocycles. The number of aliphatic hydroxyl groups excluding tert-OH is 2. The van der Waals surface area contributed by atoms with Gasteiger partial charge in [-0.1, -0.05) is 6.07 Å². The molecule has 1 aromatic carbocycles. The van der Waals surface area contributed by atoms with E-state index in [4.69, 9.17) is 14.2 Å². The van der Waals surface area contributed by atoms with Crippen molar-refractivity contribution in [3.05, 3.63) is 34.9 Å². The molecule has 1 saturated heterocycles. The second kappa shape index (κ2) is 7.76. The van der Waals surface area contributed by atoms with Crippen molar-refractivity contribution in [1.82, 2.24) is 14.9 Å². The van der Waals surface area contributed by atoms with E-state index in [1.807, 2.05) is 13.1 Å². The number of nitrogens with one attached hydrogen (secondary N) is 2. The molecule has 28 heavy (non-hydrogen) atoms. The van der Waals surface area contributed by atoms with Crippen molar-refractivity contribution < 1.29 is 24.4 Å². The first kappa shape index (κ1) is 18.7. The summed E-state index contributed by atoms with van der Waals surface area (Å²) in [5.74, 6) is 1.76. The van der Waals surface area contributed by atoms with E-state index in [1.54, 1.807) is 12.1 Å². The fraction of sp³-hybridized carbons (Fsp3) is 0.444. The van der Waals surface area contributed by atoms with Crippen LogP contribution in [0.2, 0.25) is 0 Å². The van der Waals surface area contributed by atoms with Crippen LogP contribution in [0.25, 0.3) is 0 Å². The molecule has 3 heterocycles. The molecule has 0 spiro atoms. The van der Waals surface area contributed by atoms with Gasteiger partial charge in [-0.2, -0.15) is 4.98 Å². The molecule has 2 aliphatic rings. The first-order valence-electron chi connectivity index (χ1n) is 9.03. The molecule has 2 aromatic rings. The summed E-state index contributed by atoms with van der Waals surface area (Å²) in [6, 6.07) is 5.40. The zero-order valence-corrected chi connectivity index (χ0v) is 15.3. The minimum absolute atomic E-state index is 0.180. The largest absolute Gasteiger partial charge is 0.490 e. The van der Waals surface area contributed by atoms with E-state index in [1.165, 1.54) is 10.8 Å². The molecule has 10 nitrogen and oxygen atoms in total. The van der Waals surface area contributed by atoms with E-state index in [0.29, 0.717) is 36.1 Å². The summed E-state index contributed by atoms with van der Waals surface area (Å²) < 4.78 is 18.5. The van der Waals surface area contributed by atoms with Crippen LogP contribution in [0, 0.1) is 0 Å². The lowest BCUT2D eigenvalue weighted by Crippen LogP contribution is -2.29. The number of nitrogens with zero attached hydrogens (tertiary/aromatic N) is 2. The Morgan fingerprint density at radius 2 is 2.29 bits per heavy atom. The van der Waals surface area contributed by atoms with Crippen molar-refractivity contribution in [1.29, 1.82) is 0 Å². The highest BCUT2D eigenvalue weighted by Crippen LogP contribution is 2.45. The number of hydrogen-bond acceptors (Lipinski definition) is 9. The van der Waals surface area contributed by atoms with Crippen LogP contribution in [0.4, 0.5) is 11.5 Å². The molecule has 0 aliphatic carbocycles. The molecule has 4 N–H and O–H groups in total. The molecule has 150 valence electrons. The third-order valence-corrected chi connectivity index (χ3v) is 4.67. The number of aliphatic hydroxyl groups is 2. The normalized spacial score (nSPS) is 22.8. The summed E-state index contributed by atoms with van der Waals surface area (Å²) >= 11 is 0. The minimum Gasteiger partial charge on any atom is -0.490 e. The summed E-state index contributed by atoms with van der Waals surface area (Å²) in [5, 5.41) is 25.3. The lowest BCUT2D eigenvalue weighted by atomic mass is 10.2. The zero-order chi connectivity index (χ0) is 19.7. The Morgan fingerprint density at radius 1 is 1.43 bits per heavy atom. The smallest absolute Gasteiger partial charge is 0.351 e. The molecule has 1 fully saturated rings. The Labute approximate surface area is 160 Å². The molecule has 3 atom stereocenters. The molecule has 1 aromatic heterocycles. The highest BCUT2D eigenvalue weighted by atomic mass is 16.5. The summed E-state index contributed by atoms with van der Waals surface area (Å²) in [7, 11) is 1.84. The number of para-hydroxylation sites is 1. The van der Waals surface area contributed by atoms with Crippen molar-refractivity contribution in [2.45, 2.75) is 24.9 Å². The van der Waals surface area contributed by atoms with Crippen molar-refractivity contribution in [3.63, 3.8) is 0 Å². The van der Waals surface area contributed by atoms with E-state index in [9.17, 15) is 15.0 Å². The molecule has 4 rings (SSSR count). The van der Waals surface area contributed by atoms with Crippen molar-refractivity contribution in [3.8, 4) is 17.2 Å². The van der Waals surface area contributed by atoms with Gasteiger partial charge in [0.25, 0.3) is 0 Å². The van der Waals surface area contributed by atoms with Gasteiger partial charge >= 0.3 is 5.69 Å². The Balaban J connectivity index is 1.60. The SMILES string of the molecule is CNCCOc1cccc2c1Nc1nc(=O)n([C@H]3CC(O)[C@@H](CO)O3)cc1O2. The Hall–Kier alpha value is -2.66. The van der Waals surface area contributed by atoms with Gasteiger partial charge in [-0.25, -0.2) is 4.79 Å². The van der Waals surface area contributed by atoms with Crippen LogP contribution in [0.5, 0.6) is 17.2 Å². The predicted molar refractivity (Wildman–Crippen MR) is 99.3 cm³/mol. The van der Waals surface area contributed by atoms with Crippen LogP contribution in [-0.2, 0) is 4.74 Å². The number of ether oxygens (including phenoxy) is 3. The van der Waals surface area contributed by atoms with Gasteiger partial charge in [0.15, 0.2) is 17.3 Å². The molecule has 0 bridgehead atoms. The second-order valence-corrected chi connectivity index (χ2v) is 6.57. The van der Waals surface area contributed by atoms with Crippen LogP contribution < -0.4 is 25.8 Å². The van der Waals surface area contributed by atoms with Gasteiger partial charge in [0.1, 0.15) is 30.4 Å². The average Bonchev–Trinajstić information content (AvgIpc) is 3.07. The van der Waals surface area contributed by atoms with E-state index >= 15 is 0 Å². The Bertz CT molecular complexity index is 917. The maximum absolute atomic E-state index is 12.5. The highest BCUT2D eigenvalue weighted by Gasteiger charge is 2.36. The maximum Gasteiger partial charge on any atom is 0.351 e. The number of hydrogen-bond donors (Lipinski definition) is 4. The zero-order valence-electron chi connectivity index (χ0n) is 15.3. The molecule has 0 amide bonds. The third-order valence-electron chi connectivity index (χ3n) is 4.67. The molecular weight excluding hydrogens is 368 g/mol. The molecule has 0 radical (unpaired) electrons. The first-order valence-corrected chi connectivity index (χ1v) is 9.03. The monoisotopic (exact) mass is 390 g/mol. The van der Waals surface area contributed by atoms with Crippen LogP contribution in [0.1, 0.15) is 12.6 Å². The van der Waals surface area contributed by atoms with Crippen molar-refractivity contribution in [2.75, 3.05) is 32.1 Å². The van der Waals surface area contributed by atoms with Crippen LogP contribution in [0.3, 0.4) is 0 Å². The van der Waals surface area contributed by atoms with Crippen molar-refractivity contribution in [2.24, 2.45) is 0 Å². The van der Waals surface area contributed by atoms with Crippen LogP contribution in [-0.4, -0.2) is 58.8 Å². The lowest BCUT2D eigenvalue weighted by molar-refractivity contribution is -0.0459. The van der Waals surface area contributed by atoms with Crippen LogP contribution >= 0.6 is 0 Å². The van der Waals surface area contributed by atoms with E-state index in [-0.39, 0.29) is 18.8 Å². The number of anilines is 2. The third kappa shape index (κ3) is 3.42. The Morgan fingerprint density at radius 3 is 3.04 bits per heavy atom. The predicted octanol–water partition coefficient (Wildman–Crippen LogP) is 0.331. The fourth-order valence-electron chi connectivity index (χ4n) is 3.21. The summed E-state index contributed by atoms with van der Waals surface area (Å²) in [6.45, 7) is 0.836. The van der Waals surface area contributed by atoms with Gasteiger partial charge < -0.3 is 35.1 Å². The van der Waals surface area contributed by atoms with Gasteiger partial charge in [-0.15, -0.1) is 0 Å². The molecular formula is C18H22N4O6. The summed E-state index contributed by atoms with van der Waals surface area (Å²) in [5.41, 5.74) is 0.0475. The van der Waals surface area contributed by atoms with E-state index < -0.39 is 24.1 Å². The van der Waals surface area contributed by atoms with Gasteiger partial charge in [-0.05, 0) is 19.2 Å². The number of aromatic nitrogens is 2. The minimum atomic E-state index is -0.852. The fourth-order valence-corrected chi connectivity index (χ4v) is 3.21. The average molecular weight is 390 g/mol. The topological polar surface area (TPSA) is 127 Å². The Kier molecular flexibility index (Phi) is 5.18. The number of benzene rings is 1. The van der Waals surface area contributed by atoms with E-state index in [0.717, 1.165) is 0 Å². The lowest BCUT2D eigenvalue weighted by Gasteiger charge is -2.24. The van der Waals surface area contributed by atoms with Gasteiger partial charge in [0.05, 0.1) is 18.9 Å². The van der Waals surface area contributed by atoms with Gasteiger partial charge in [-0.3, -0.25) is 4.57 Å². The van der Waals surface area contributed by atoms with Gasteiger partial charge in [0.2, 0.25) is 0 Å². The van der Waals surface area contributed by atoms with Crippen molar-refractivity contribution >= 4 is 11.5 Å². The highest BCUT2D eigenvalue weighted by molar-refractivity contribution is 5.77. The molecule has 1 unspecified atom stereocenters. The number of likely N-dealkylation sites (N-methyl/N-ethyl adjacent to an activating group) is 1. The summed E-state index contributed by atoms with van der Waals surface area (Å²) in [6.07, 6.45) is -0.635. The standard InChI is InChI=1S/C18H22N4O6/c1-19-5-6-26-11-3-2-4-12-16(11)20-17-13(27-12)8-22(18(25)21-17)15-7-10(24)14(9-23)28-15/h2-4,8,10,14-15,19,23-24H,5-7,9H2,1H3,(H,20,21,25)/t10?,14-,15-/m1/s1. The second-order valence-electron chi connectivity index (χ2n) is 6.57. The van der Waals surface area contributed by atoms with Gasteiger partial charge in [0, 0.05) is 13.0 Å². The number of fused-ring (bicyclic) bond motifs is 2.